The number of hydrogen-bond donors (Lipinski definition) is 1. The number of halogens is 1. The van der Waals surface area contributed by atoms with E-state index in [1.165, 1.54) is 4.68 Å². The first-order valence-corrected chi connectivity index (χ1v) is 7.00. The van der Waals surface area contributed by atoms with Gasteiger partial charge in [-0.05, 0) is 36.9 Å². The zero-order chi connectivity index (χ0) is 14.8. The van der Waals surface area contributed by atoms with Crippen molar-refractivity contribution in [2.24, 2.45) is 5.73 Å². The van der Waals surface area contributed by atoms with Gasteiger partial charge in [0, 0.05) is 18.9 Å². The first kappa shape index (κ1) is 13.7. The summed E-state index contributed by atoms with van der Waals surface area (Å²) in [7, 11) is 0. The lowest BCUT2D eigenvalue weighted by Crippen LogP contribution is -2.48. The van der Waals surface area contributed by atoms with Gasteiger partial charge in [0.05, 0.1) is 0 Å². The van der Waals surface area contributed by atoms with Gasteiger partial charge in [0.2, 0.25) is 17.1 Å². The third kappa shape index (κ3) is 2.80. The van der Waals surface area contributed by atoms with Crippen LogP contribution in [0.25, 0.3) is 5.95 Å². The number of piperidine rings is 1. The van der Waals surface area contributed by atoms with Crippen molar-refractivity contribution in [2.45, 2.75) is 25.3 Å². The Morgan fingerprint density at radius 1 is 1.29 bits per heavy atom. The molecule has 2 N–H and O–H groups in total. The third-order valence-corrected chi connectivity index (χ3v) is 3.55. The number of carbonyl (C=O) groups is 1. The SMILES string of the molecule is NC(=O)C1CCCCN1c1nc(Cl)nc(-n2cccn2)n1. The monoisotopic (exact) mass is 307 g/mol. The second-order valence-electron chi connectivity index (χ2n) is 4.76. The van der Waals surface area contributed by atoms with Crippen molar-refractivity contribution in [3.05, 3.63) is 23.7 Å². The van der Waals surface area contributed by atoms with Crippen molar-refractivity contribution in [1.29, 1.82) is 0 Å². The van der Waals surface area contributed by atoms with Crippen molar-refractivity contribution in [3.8, 4) is 5.95 Å². The highest BCUT2D eigenvalue weighted by molar-refractivity contribution is 6.28. The summed E-state index contributed by atoms with van der Waals surface area (Å²) in [6, 6.07) is 1.34. The molecule has 1 amide bonds. The maximum absolute atomic E-state index is 11.6. The van der Waals surface area contributed by atoms with Gasteiger partial charge in [0.1, 0.15) is 6.04 Å². The fourth-order valence-corrected chi connectivity index (χ4v) is 2.57. The van der Waals surface area contributed by atoms with Crippen LogP contribution >= 0.6 is 11.6 Å². The van der Waals surface area contributed by atoms with E-state index in [1.807, 2.05) is 0 Å². The van der Waals surface area contributed by atoms with E-state index in [9.17, 15) is 4.79 Å². The van der Waals surface area contributed by atoms with Gasteiger partial charge in [-0.25, -0.2) is 4.68 Å². The normalized spacial score (nSPS) is 18.7. The topological polar surface area (TPSA) is 103 Å². The minimum absolute atomic E-state index is 0.0549. The molecule has 1 fully saturated rings. The van der Waals surface area contributed by atoms with E-state index in [0.717, 1.165) is 12.8 Å². The molecule has 2 aromatic rings. The molecule has 1 saturated heterocycles. The highest BCUT2D eigenvalue weighted by atomic mass is 35.5. The number of carbonyl (C=O) groups excluding carboxylic acids is 1. The second kappa shape index (κ2) is 5.65. The average molecular weight is 308 g/mol. The van der Waals surface area contributed by atoms with Gasteiger partial charge in [0.15, 0.2) is 0 Å². The van der Waals surface area contributed by atoms with Crippen molar-refractivity contribution in [3.63, 3.8) is 0 Å². The summed E-state index contributed by atoms with van der Waals surface area (Å²) < 4.78 is 1.49. The lowest BCUT2D eigenvalue weighted by molar-refractivity contribution is -0.119. The number of amides is 1. The Morgan fingerprint density at radius 2 is 2.10 bits per heavy atom. The Balaban J connectivity index is 1.99. The standard InChI is InChI=1S/C12H14ClN7O/c13-10-16-11(18-12(17-10)20-7-3-5-15-20)19-6-2-1-4-8(19)9(14)21/h3,5,7-8H,1-2,4,6H2,(H2,14,21). The van der Waals surface area contributed by atoms with Gasteiger partial charge >= 0.3 is 0 Å². The van der Waals surface area contributed by atoms with Crippen LogP contribution < -0.4 is 10.6 Å². The summed E-state index contributed by atoms with van der Waals surface area (Å²) in [6.07, 6.45) is 5.91. The van der Waals surface area contributed by atoms with E-state index < -0.39 is 6.04 Å². The number of anilines is 1. The first-order chi connectivity index (χ1) is 10.1. The molecule has 0 radical (unpaired) electrons. The minimum atomic E-state index is -0.414. The van der Waals surface area contributed by atoms with Gasteiger partial charge in [-0.1, -0.05) is 0 Å². The molecule has 1 unspecified atom stereocenters. The molecule has 1 aliphatic rings. The second-order valence-corrected chi connectivity index (χ2v) is 5.10. The van der Waals surface area contributed by atoms with Crippen LogP contribution in [0.4, 0.5) is 5.95 Å². The van der Waals surface area contributed by atoms with Crippen LogP contribution in [0.5, 0.6) is 0 Å². The summed E-state index contributed by atoms with van der Waals surface area (Å²) in [5.74, 6) is 0.277. The summed E-state index contributed by atoms with van der Waals surface area (Å²) in [4.78, 5) is 25.9. The summed E-state index contributed by atoms with van der Waals surface area (Å²) >= 11 is 5.97. The first-order valence-electron chi connectivity index (χ1n) is 6.63. The maximum Gasteiger partial charge on any atom is 0.256 e. The van der Waals surface area contributed by atoms with E-state index in [1.54, 1.807) is 23.4 Å². The molecule has 21 heavy (non-hydrogen) atoms. The van der Waals surface area contributed by atoms with E-state index in [0.29, 0.717) is 24.9 Å². The Bertz CT molecular complexity index is 645. The van der Waals surface area contributed by atoms with Crippen molar-refractivity contribution < 1.29 is 4.79 Å². The Morgan fingerprint density at radius 3 is 2.81 bits per heavy atom. The smallest absolute Gasteiger partial charge is 0.256 e. The van der Waals surface area contributed by atoms with E-state index in [4.69, 9.17) is 17.3 Å². The molecule has 9 heteroatoms. The number of nitrogens with two attached hydrogens (primary N) is 1. The third-order valence-electron chi connectivity index (χ3n) is 3.38. The van der Waals surface area contributed by atoms with E-state index in [2.05, 4.69) is 20.1 Å². The predicted molar refractivity (Wildman–Crippen MR) is 76.1 cm³/mol. The summed E-state index contributed by atoms with van der Waals surface area (Å²) in [5.41, 5.74) is 5.46. The predicted octanol–water partition coefficient (Wildman–Crippen LogP) is 0.555. The molecule has 2 aromatic heterocycles. The molecule has 0 spiro atoms. The maximum atomic E-state index is 11.6. The van der Waals surface area contributed by atoms with Crippen LogP contribution in [0.1, 0.15) is 19.3 Å². The fourth-order valence-electron chi connectivity index (χ4n) is 2.41. The van der Waals surface area contributed by atoms with Gasteiger partial charge in [0.25, 0.3) is 5.95 Å². The van der Waals surface area contributed by atoms with Crippen molar-refractivity contribution in [1.82, 2.24) is 24.7 Å². The van der Waals surface area contributed by atoms with Gasteiger partial charge in [-0.3, -0.25) is 4.79 Å². The van der Waals surface area contributed by atoms with Gasteiger partial charge in [-0.2, -0.15) is 20.1 Å². The molecule has 0 aliphatic carbocycles. The summed E-state index contributed by atoms with van der Waals surface area (Å²) in [6.45, 7) is 0.659. The molecular formula is C12H14ClN7O. The van der Waals surface area contributed by atoms with Gasteiger partial charge in [-0.15, -0.1) is 0 Å². The summed E-state index contributed by atoms with van der Waals surface area (Å²) in [5, 5.41) is 4.12. The molecule has 0 bridgehead atoms. The number of aromatic nitrogens is 5. The number of nitrogens with zero attached hydrogens (tertiary/aromatic N) is 6. The molecule has 110 valence electrons. The highest BCUT2D eigenvalue weighted by Crippen LogP contribution is 2.23. The Labute approximate surface area is 126 Å². The largest absolute Gasteiger partial charge is 0.368 e. The number of hydrogen-bond acceptors (Lipinski definition) is 6. The minimum Gasteiger partial charge on any atom is -0.368 e. The zero-order valence-corrected chi connectivity index (χ0v) is 11.9. The molecule has 1 atom stereocenters. The number of rotatable bonds is 3. The molecule has 3 heterocycles. The zero-order valence-electron chi connectivity index (χ0n) is 11.2. The molecule has 3 rings (SSSR count). The van der Waals surface area contributed by atoms with Crippen LogP contribution in [0.2, 0.25) is 5.28 Å². The molecule has 1 aliphatic heterocycles. The Hall–Kier alpha value is -2.22. The Kier molecular flexibility index (Phi) is 3.70. The van der Waals surface area contributed by atoms with Gasteiger partial charge < -0.3 is 10.6 Å². The van der Waals surface area contributed by atoms with Crippen molar-refractivity contribution >= 4 is 23.5 Å². The number of primary amides is 1. The van der Waals surface area contributed by atoms with Crippen LogP contribution in [-0.4, -0.2) is 43.2 Å². The highest BCUT2D eigenvalue weighted by Gasteiger charge is 2.29. The van der Waals surface area contributed by atoms with Crippen LogP contribution in [0.3, 0.4) is 0 Å². The van der Waals surface area contributed by atoms with Crippen LogP contribution in [-0.2, 0) is 4.79 Å². The van der Waals surface area contributed by atoms with Crippen LogP contribution in [0, 0.1) is 0 Å². The van der Waals surface area contributed by atoms with Crippen LogP contribution in [0.15, 0.2) is 18.5 Å². The van der Waals surface area contributed by atoms with E-state index >= 15 is 0 Å². The van der Waals surface area contributed by atoms with E-state index in [-0.39, 0.29) is 11.2 Å². The molecule has 8 nitrogen and oxygen atoms in total. The molecular weight excluding hydrogens is 294 g/mol. The average Bonchev–Trinajstić information content (AvgIpc) is 3.01. The van der Waals surface area contributed by atoms with Crippen molar-refractivity contribution in [2.75, 3.05) is 11.4 Å². The molecule has 0 saturated carbocycles. The lowest BCUT2D eigenvalue weighted by Gasteiger charge is -2.33. The fraction of sp³-hybridized carbons (Fsp3) is 0.417. The lowest BCUT2D eigenvalue weighted by atomic mass is 10.0. The quantitative estimate of drug-likeness (QED) is 0.888. The molecule has 0 aromatic carbocycles.